The van der Waals surface area contributed by atoms with Gasteiger partial charge in [-0.25, -0.2) is 4.39 Å². The summed E-state index contributed by atoms with van der Waals surface area (Å²) in [5.74, 6) is -0.0977. The van der Waals surface area contributed by atoms with Gasteiger partial charge in [-0.1, -0.05) is 31.2 Å². The molecule has 3 rings (SSSR count). The highest BCUT2D eigenvalue weighted by Gasteiger charge is 2.35. The fourth-order valence-corrected chi connectivity index (χ4v) is 3.99. The zero-order chi connectivity index (χ0) is 21.6. The Labute approximate surface area is 176 Å². The number of allylic oxidation sites excluding steroid dienone is 2. The third kappa shape index (κ3) is 5.44. The number of hydrogen-bond donors (Lipinski definition) is 0. The summed E-state index contributed by atoms with van der Waals surface area (Å²) in [5.41, 5.74) is 0.571. The van der Waals surface area contributed by atoms with Crippen molar-refractivity contribution in [2.75, 3.05) is 0 Å². The van der Waals surface area contributed by atoms with Crippen molar-refractivity contribution in [1.29, 1.82) is 5.26 Å². The summed E-state index contributed by atoms with van der Waals surface area (Å²) in [7, 11) is 0. The van der Waals surface area contributed by atoms with Crippen LogP contribution in [0.2, 0.25) is 0 Å². The Kier molecular flexibility index (Phi) is 7.20. The van der Waals surface area contributed by atoms with Crippen molar-refractivity contribution in [3.8, 4) is 11.8 Å². The zero-order valence-corrected chi connectivity index (χ0v) is 17.1. The van der Waals surface area contributed by atoms with Crippen molar-refractivity contribution in [1.82, 2.24) is 0 Å². The Balaban J connectivity index is 1.61. The van der Waals surface area contributed by atoms with Gasteiger partial charge in [-0.2, -0.15) is 14.0 Å². The Morgan fingerprint density at radius 1 is 1.07 bits per heavy atom. The summed E-state index contributed by atoms with van der Waals surface area (Å²) < 4.78 is 47.4. The summed E-state index contributed by atoms with van der Waals surface area (Å²) in [6.07, 6.45) is 7.52. The van der Waals surface area contributed by atoms with E-state index in [0.29, 0.717) is 11.8 Å². The van der Waals surface area contributed by atoms with E-state index in [1.54, 1.807) is 18.2 Å². The first kappa shape index (κ1) is 22.0. The van der Waals surface area contributed by atoms with E-state index in [2.05, 4.69) is 19.1 Å². The third-order valence-corrected chi connectivity index (χ3v) is 5.74. The first-order valence-corrected chi connectivity index (χ1v) is 10.4. The van der Waals surface area contributed by atoms with Gasteiger partial charge in [0.2, 0.25) is 0 Å². The maximum atomic E-state index is 14.5. The van der Waals surface area contributed by atoms with Gasteiger partial charge in [0.15, 0.2) is 0 Å². The summed E-state index contributed by atoms with van der Waals surface area (Å²) in [5, 5.41) is 8.73. The minimum absolute atomic E-state index is 0.217. The average Bonchev–Trinajstić information content (AvgIpc) is 2.74. The van der Waals surface area contributed by atoms with Crippen molar-refractivity contribution in [3.05, 3.63) is 77.1 Å². The SMILES string of the molecule is CCC=CC[C@H]1CC[C@H](c2ccc(C(F)(F)Oc3ccc(C#N)c(F)c3)cc2)CC1. The lowest BCUT2D eigenvalue weighted by Crippen LogP contribution is -2.22. The molecule has 0 N–H and O–H groups in total. The van der Waals surface area contributed by atoms with Crippen LogP contribution in [0.25, 0.3) is 0 Å². The van der Waals surface area contributed by atoms with Gasteiger partial charge in [-0.3, -0.25) is 0 Å². The van der Waals surface area contributed by atoms with Gasteiger partial charge in [0.1, 0.15) is 17.6 Å². The van der Waals surface area contributed by atoms with E-state index >= 15 is 0 Å². The first-order chi connectivity index (χ1) is 14.4. The monoisotopic (exact) mass is 413 g/mol. The molecule has 0 saturated heterocycles. The normalized spacial score (nSPS) is 19.6. The number of alkyl halides is 2. The van der Waals surface area contributed by atoms with Crippen LogP contribution in [0.3, 0.4) is 0 Å². The number of hydrogen-bond acceptors (Lipinski definition) is 2. The third-order valence-electron chi connectivity index (χ3n) is 5.74. The zero-order valence-electron chi connectivity index (χ0n) is 17.1. The molecule has 1 fully saturated rings. The van der Waals surface area contributed by atoms with E-state index in [9.17, 15) is 13.2 Å². The molecule has 2 aromatic rings. The van der Waals surface area contributed by atoms with E-state index in [1.807, 2.05) is 0 Å². The molecular weight excluding hydrogens is 387 g/mol. The molecule has 0 spiro atoms. The molecule has 0 heterocycles. The molecule has 0 atom stereocenters. The quantitative estimate of drug-likeness (QED) is 0.442. The number of nitrogens with zero attached hydrogens (tertiary/aromatic N) is 1. The van der Waals surface area contributed by atoms with Crippen molar-refractivity contribution < 1.29 is 17.9 Å². The standard InChI is InChI=1S/C25H26F3NO/c1-2-3-4-5-18-6-8-19(9-7-18)20-10-13-22(14-11-20)25(27,28)30-23-15-12-21(17-29)24(26)16-23/h3-4,10-16,18-19H,2,5-9H2,1H3/t18-,19-. The van der Waals surface area contributed by atoms with Crippen molar-refractivity contribution in [3.63, 3.8) is 0 Å². The molecule has 0 aromatic heterocycles. The molecule has 0 aliphatic heterocycles. The molecule has 30 heavy (non-hydrogen) atoms. The lowest BCUT2D eigenvalue weighted by atomic mass is 9.77. The summed E-state index contributed by atoms with van der Waals surface area (Å²) >= 11 is 0. The number of benzene rings is 2. The van der Waals surface area contributed by atoms with Crippen LogP contribution in [0.4, 0.5) is 13.2 Å². The van der Waals surface area contributed by atoms with Gasteiger partial charge in [0.05, 0.1) is 11.1 Å². The van der Waals surface area contributed by atoms with Gasteiger partial charge in [-0.15, -0.1) is 0 Å². The maximum absolute atomic E-state index is 14.5. The highest BCUT2D eigenvalue weighted by Crippen LogP contribution is 2.38. The largest absolute Gasteiger partial charge is 0.429 e. The number of halogens is 3. The molecule has 1 saturated carbocycles. The number of ether oxygens (including phenoxy) is 1. The average molecular weight is 413 g/mol. The van der Waals surface area contributed by atoms with Crippen LogP contribution >= 0.6 is 0 Å². The molecule has 0 bridgehead atoms. The lowest BCUT2D eigenvalue weighted by molar-refractivity contribution is -0.185. The van der Waals surface area contributed by atoms with Crippen LogP contribution in [-0.2, 0) is 6.11 Å². The first-order valence-electron chi connectivity index (χ1n) is 10.4. The number of rotatable bonds is 7. The fraction of sp³-hybridized carbons (Fsp3) is 0.400. The molecule has 5 heteroatoms. The second-order valence-corrected chi connectivity index (χ2v) is 7.83. The van der Waals surface area contributed by atoms with E-state index in [1.165, 1.54) is 12.1 Å². The highest BCUT2D eigenvalue weighted by molar-refractivity contribution is 5.37. The predicted molar refractivity (Wildman–Crippen MR) is 111 cm³/mol. The minimum atomic E-state index is -3.59. The number of nitriles is 1. The van der Waals surface area contributed by atoms with Crippen LogP contribution in [0.1, 0.15) is 68.1 Å². The second kappa shape index (κ2) is 9.84. The maximum Gasteiger partial charge on any atom is 0.426 e. The lowest BCUT2D eigenvalue weighted by Gasteiger charge is -2.28. The van der Waals surface area contributed by atoms with E-state index < -0.39 is 11.9 Å². The van der Waals surface area contributed by atoms with Crippen LogP contribution in [-0.4, -0.2) is 0 Å². The van der Waals surface area contributed by atoms with Gasteiger partial charge in [0.25, 0.3) is 0 Å². The Morgan fingerprint density at radius 3 is 2.37 bits per heavy atom. The Morgan fingerprint density at radius 2 is 1.77 bits per heavy atom. The van der Waals surface area contributed by atoms with Crippen LogP contribution in [0.5, 0.6) is 5.75 Å². The minimum Gasteiger partial charge on any atom is -0.429 e. The molecule has 0 unspecified atom stereocenters. The second-order valence-electron chi connectivity index (χ2n) is 7.83. The summed E-state index contributed by atoms with van der Waals surface area (Å²) in [6.45, 7) is 2.13. The molecule has 0 amide bonds. The molecule has 1 aliphatic carbocycles. The van der Waals surface area contributed by atoms with Crippen LogP contribution in [0.15, 0.2) is 54.6 Å². The Hall–Kier alpha value is -2.74. The van der Waals surface area contributed by atoms with E-state index in [0.717, 1.165) is 62.3 Å². The van der Waals surface area contributed by atoms with Gasteiger partial charge in [-0.05, 0) is 80.2 Å². The summed E-state index contributed by atoms with van der Waals surface area (Å²) in [4.78, 5) is 0. The molecule has 2 nitrogen and oxygen atoms in total. The Bertz CT molecular complexity index is 907. The molecular formula is C25H26F3NO. The molecule has 0 radical (unpaired) electrons. The smallest absolute Gasteiger partial charge is 0.426 e. The topological polar surface area (TPSA) is 33.0 Å². The highest BCUT2D eigenvalue weighted by atomic mass is 19.3. The van der Waals surface area contributed by atoms with Crippen molar-refractivity contribution in [2.24, 2.45) is 5.92 Å². The fourth-order valence-electron chi connectivity index (χ4n) is 3.99. The van der Waals surface area contributed by atoms with Crippen molar-refractivity contribution >= 4 is 0 Å². The van der Waals surface area contributed by atoms with Crippen LogP contribution < -0.4 is 4.74 Å². The van der Waals surface area contributed by atoms with Crippen LogP contribution in [0, 0.1) is 23.1 Å². The predicted octanol–water partition coefficient (Wildman–Crippen LogP) is 7.46. The summed E-state index contributed by atoms with van der Waals surface area (Å²) in [6, 6.07) is 11.0. The van der Waals surface area contributed by atoms with Gasteiger partial charge in [0, 0.05) is 6.07 Å². The molecule has 1 aliphatic rings. The van der Waals surface area contributed by atoms with E-state index in [4.69, 9.17) is 10.00 Å². The molecule has 158 valence electrons. The van der Waals surface area contributed by atoms with Crippen molar-refractivity contribution in [2.45, 2.75) is 57.5 Å². The van der Waals surface area contributed by atoms with Gasteiger partial charge >= 0.3 is 6.11 Å². The van der Waals surface area contributed by atoms with E-state index in [-0.39, 0.29) is 16.9 Å². The molecule has 2 aromatic carbocycles. The van der Waals surface area contributed by atoms with Gasteiger partial charge < -0.3 is 4.74 Å².